The van der Waals surface area contributed by atoms with Gasteiger partial charge in [-0.15, -0.1) is 11.8 Å². The van der Waals surface area contributed by atoms with E-state index < -0.39 is 6.04 Å². The molecular formula is C25H34N2O2S. The van der Waals surface area contributed by atoms with E-state index in [9.17, 15) is 9.59 Å². The molecule has 2 aromatic rings. The molecule has 2 rings (SSSR count). The van der Waals surface area contributed by atoms with Crippen LogP contribution in [0.2, 0.25) is 0 Å². The summed E-state index contributed by atoms with van der Waals surface area (Å²) in [7, 11) is 0. The Morgan fingerprint density at radius 3 is 2.43 bits per heavy atom. The van der Waals surface area contributed by atoms with Crippen LogP contribution in [-0.4, -0.2) is 34.6 Å². The van der Waals surface area contributed by atoms with Gasteiger partial charge < -0.3 is 10.2 Å². The van der Waals surface area contributed by atoms with E-state index in [1.165, 1.54) is 11.1 Å². The average molecular weight is 427 g/mol. The number of nitrogens with zero attached hydrogens (tertiary/aromatic N) is 1. The summed E-state index contributed by atoms with van der Waals surface area (Å²) in [5, 5.41) is 2.98. The van der Waals surface area contributed by atoms with Gasteiger partial charge in [-0.3, -0.25) is 9.59 Å². The van der Waals surface area contributed by atoms with Crippen molar-refractivity contribution in [3.05, 3.63) is 70.8 Å². The van der Waals surface area contributed by atoms with Gasteiger partial charge in [0.2, 0.25) is 11.8 Å². The van der Waals surface area contributed by atoms with Crippen LogP contribution in [0, 0.1) is 13.8 Å². The molecule has 0 spiro atoms. The number of aryl methyl sites for hydroxylation is 2. The average Bonchev–Trinajstić information content (AvgIpc) is 2.68. The molecule has 0 aliphatic carbocycles. The number of carbonyl (C=O) groups is 2. The molecule has 2 aromatic carbocycles. The highest BCUT2D eigenvalue weighted by Crippen LogP contribution is 2.19. The van der Waals surface area contributed by atoms with E-state index in [2.05, 4.69) is 30.4 Å². The highest BCUT2D eigenvalue weighted by atomic mass is 32.2. The Kier molecular flexibility index (Phi) is 9.44. The molecule has 1 atom stereocenters. The zero-order chi connectivity index (χ0) is 22.1. The van der Waals surface area contributed by atoms with Crippen molar-refractivity contribution in [2.24, 2.45) is 0 Å². The van der Waals surface area contributed by atoms with Crippen LogP contribution in [0.5, 0.6) is 0 Å². The van der Waals surface area contributed by atoms with Crippen LogP contribution in [0.1, 0.15) is 49.4 Å². The highest BCUT2D eigenvalue weighted by molar-refractivity contribution is 7.99. The molecule has 2 amide bonds. The fraction of sp³-hybridized carbons (Fsp3) is 0.440. The van der Waals surface area contributed by atoms with Crippen molar-refractivity contribution in [3.63, 3.8) is 0 Å². The predicted molar refractivity (Wildman–Crippen MR) is 126 cm³/mol. The standard InChI is InChI=1S/C25H34N2O2S/c1-6-23(25(29)26-18(2)3)27(15-22-13-8-7-11-20(22)5)24(28)17-30-16-21-12-9-10-19(4)14-21/h7-14,18,23H,6,15-17H2,1-5H3,(H,26,29)/t23-/m1/s1. The minimum atomic E-state index is -0.473. The van der Waals surface area contributed by atoms with Gasteiger partial charge in [0.05, 0.1) is 5.75 Å². The molecule has 4 nitrogen and oxygen atoms in total. The first-order valence-electron chi connectivity index (χ1n) is 10.6. The van der Waals surface area contributed by atoms with Gasteiger partial charge in [-0.1, -0.05) is 61.0 Å². The maximum Gasteiger partial charge on any atom is 0.243 e. The number of amides is 2. The van der Waals surface area contributed by atoms with Gasteiger partial charge in [-0.2, -0.15) is 0 Å². The van der Waals surface area contributed by atoms with Gasteiger partial charge >= 0.3 is 0 Å². The molecule has 30 heavy (non-hydrogen) atoms. The van der Waals surface area contributed by atoms with E-state index in [1.54, 1.807) is 16.7 Å². The van der Waals surface area contributed by atoms with Gasteiger partial charge in [-0.05, 0) is 50.8 Å². The van der Waals surface area contributed by atoms with E-state index in [4.69, 9.17) is 0 Å². The van der Waals surface area contributed by atoms with Crippen LogP contribution in [0.15, 0.2) is 48.5 Å². The predicted octanol–water partition coefficient (Wildman–Crippen LogP) is 4.87. The van der Waals surface area contributed by atoms with Gasteiger partial charge in [0.1, 0.15) is 6.04 Å². The largest absolute Gasteiger partial charge is 0.352 e. The van der Waals surface area contributed by atoms with Crippen LogP contribution in [0.3, 0.4) is 0 Å². The zero-order valence-corrected chi connectivity index (χ0v) is 19.6. The molecule has 0 aromatic heterocycles. The van der Waals surface area contributed by atoms with Gasteiger partial charge in [-0.25, -0.2) is 0 Å². The van der Waals surface area contributed by atoms with E-state index >= 15 is 0 Å². The molecule has 0 fully saturated rings. The molecule has 0 radical (unpaired) electrons. The van der Waals surface area contributed by atoms with E-state index in [-0.39, 0.29) is 17.9 Å². The summed E-state index contributed by atoms with van der Waals surface area (Å²) in [5.41, 5.74) is 4.63. The summed E-state index contributed by atoms with van der Waals surface area (Å²) in [4.78, 5) is 27.8. The second kappa shape index (κ2) is 11.8. The maximum absolute atomic E-state index is 13.2. The minimum absolute atomic E-state index is 0.00154. The Labute approximate surface area is 185 Å². The summed E-state index contributed by atoms with van der Waals surface area (Å²) in [6, 6.07) is 16.0. The Bertz CT molecular complexity index is 851. The molecular weight excluding hydrogens is 392 g/mol. The lowest BCUT2D eigenvalue weighted by molar-refractivity contribution is -0.139. The first kappa shape index (κ1) is 24.0. The Balaban J connectivity index is 2.15. The summed E-state index contributed by atoms with van der Waals surface area (Å²) < 4.78 is 0. The van der Waals surface area contributed by atoms with E-state index in [1.807, 2.05) is 58.0 Å². The van der Waals surface area contributed by atoms with Crippen molar-refractivity contribution in [2.75, 3.05) is 5.75 Å². The summed E-state index contributed by atoms with van der Waals surface area (Å²) >= 11 is 1.60. The van der Waals surface area contributed by atoms with Gasteiger partial charge in [0.25, 0.3) is 0 Å². The topological polar surface area (TPSA) is 49.4 Å². The number of nitrogens with one attached hydrogen (secondary N) is 1. The normalized spacial score (nSPS) is 11.9. The third-order valence-corrected chi connectivity index (χ3v) is 5.98. The molecule has 0 unspecified atom stereocenters. The van der Waals surface area contributed by atoms with Crippen LogP contribution in [-0.2, 0) is 21.9 Å². The van der Waals surface area contributed by atoms with Crippen LogP contribution >= 0.6 is 11.8 Å². The number of hydrogen-bond donors (Lipinski definition) is 1. The summed E-state index contributed by atoms with van der Waals surface area (Å²) in [6.07, 6.45) is 0.582. The molecule has 0 aliphatic heterocycles. The second-order valence-electron chi connectivity index (χ2n) is 8.02. The van der Waals surface area contributed by atoms with Crippen molar-refractivity contribution in [1.82, 2.24) is 10.2 Å². The highest BCUT2D eigenvalue weighted by Gasteiger charge is 2.29. The molecule has 0 aliphatic rings. The van der Waals surface area contributed by atoms with E-state index in [0.29, 0.717) is 18.7 Å². The van der Waals surface area contributed by atoms with Crippen LogP contribution < -0.4 is 5.32 Å². The van der Waals surface area contributed by atoms with Crippen molar-refractivity contribution >= 4 is 23.6 Å². The lowest BCUT2D eigenvalue weighted by Gasteiger charge is -2.31. The first-order chi connectivity index (χ1) is 14.3. The molecule has 0 saturated heterocycles. The third kappa shape index (κ3) is 7.21. The number of rotatable bonds is 10. The molecule has 1 N–H and O–H groups in total. The summed E-state index contributed by atoms with van der Waals surface area (Å²) in [6.45, 7) is 10.4. The lowest BCUT2D eigenvalue weighted by Crippen LogP contribution is -2.51. The van der Waals surface area contributed by atoms with Gasteiger partial charge in [0.15, 0.2) is 0 Å². The molecule has 0 bridgehead atoms. The number of benzene rings is 2. The second-order valence-corrected chi connectivity index (χ2v) is 9.00. The zero-order valence-electron chi connectivity index (χ0n) is 18.8. The van der Waals surface area contributed by atoms with Gasteiger partial charge in [0, 0.05) is 18.3 Å². The molecule has 0 heterocycles. The van der Waals surface area contributed by atoms with Crippen molar-refractivity contribution in [2.45, 2.75) is 65.4 Å². The lowest BCUT2D eigenvalue weighted by atomic mass is 10.1. The smallest absolute Gasteiger partial charge is 0.243 e. The third-order valence-electron chi connectivity index (χ3n) is 5.00. The van der Waals surface area contributed by atoms with Crippen LogP contribution in [0.25, 0.3) is 0 Å². The Morgan fingerprint density at radius 1 is 1.07 bits per heavy atom. The monoisotopic (exact) mass is 426 g/mol. The molecule has 5 heteroatoms. The van der Waals surface area contributed by atoms with Crippen molar-refractivity contribution in [1.29, 1.82) is 0 Å². The fourth-order valence-electron chi connectivity index (χ4n) is 3.41. The SMILES string of the molecule is CC[C@H](C(=O)NC(C)C)N(Cc1ccccc1C)C(=O)CSCc1cccc(C)c1. The van der Waals surface area contributed by atoms with Crippen LogP contribution in [0.4, 0.5) is 0 Å². The summed E-state index contributed by atoms with van der Waals surface area (Å²) in [5.74, 6) is 1.05. The first-order valence-corrected chi connectivity index (χ1v) is 11.7. The number of thioether (sulfide) groups is 1. The maximum atomic E-state index is 13.2. The Morgan fingerprint density at radius 2 is 1.80 bits per heavy atom. The molecule has 0 saturated carbocycles. The van der Waals surface area contributed by atoms with E-state index in [0.717, 1.165) is 16.9 Å². The number of carbonyl (C=O) groups excluding carboxylic acids is 2. The minimum Gasteiger partial charge on any atom is -0.352 e. The molecule has 162 valence electrons. The Hall–Kier alpha value is -2.27. The van der Waals surface area contributed by atoms with Crippen molar-refractivity contribution in [3.8, 4) is 0 Å². The van der Waals surface area contributed by atoms with Crippen molar-refractivity contribution < 1.29 is 9.59 Å². The fourth-order valence-corrected chi connectivity index (χ4v) is 4.27. The number of hydrogen-bond acceptors (Lipinski definition) is 3. The quantitative estimate of drug-likeness (QED) is 0.590.